The Balaban J connectivity index is 1.40. The van der Waals surface area contributed by atoms with Gasteiger partial charge in [-0.05, 0) is 82.7 Å². The van der Waals surface area contributed by atoms with E-state index in [2.05, 4.69) is 0 Å². The molecule has 0 saturated carbocycles. The fourth-order valence-corrected chi connectivity index (χ4v) is 7.27. The van der Waals surface area contributed by atoms with Gasteiger partial charge in [0.1, 0.15) is 0 Å². The molecule has 0 N–H and O–H groups in total. The zero-order valence-corrected chi connectivity index (χ0v) is 28.6. The number of fused-ring (bicyclic) bond motifs is 9. The normalized spacial score (nSPS) is 19.7. The molecule has 0 atom stereocenters. The van der Waals surface area contributed by atoms with Crippen molar-refractivity contribution in [2.45, 2.75) is 0 Å². The van der Waals surface area contributed by atoms with Crippen molar-refractivity contribution in [3.05, 3.63) is 212 Å². The summed E-state index contributed by atoms with van der Waals surface area (Å²) >= 11 is 0. The first-order valence-electron chi connectivity index (χ1n) is 33.0. The number of para-hydroxylation sites is 5. The second-order valence-corrected chi connectivity index (χ2v) is 12.6. The van der Waals surface area contributed by atoms with Gasteiger partial charge in [-0.15, -0.1) is 0 Å². The summed E-state index contributed by atoms with van der Waals surface area (Å²) in [6.07, 6.45) is 0. The van der Waals surface area contributed by atoms with E-state index in [0.29, 0.717) is 0 Å². The molecule has 12 rings (SSSR count). The summed E-state index contributed by atoms with van der Waals surface area (Å²) in [5, 5.41) is -3.56. The molecule has 0 aliphatic rings. The third kappa shape index (κ3) is 4.79. The minimum atomic E-state index is -1.08. The van der Waals surface area contributed by atoms with Crippen molar-refractivity contribution in [3.63, 3.8) is 0 Å². The van der Waals surface area contributed by atoms with Crippen LogP contribution in [0.15, 0.2) is 212 Å². The summed E-state index contributed by atoms with van der Waals surface area (Å²) in [7, 11) is 0. The molecule has 3 heterocycles. The van der Waals surface area contributed by atoms with Crippen molar-refractivity contribution < 1.29 is 43.9 Å². The van der Waals surface area contributed by atoms with Crippen molar-refractivity contribution in [2.24, 2.45) is 0 Å². The Morgan fingerprint density at radius 3 is 1.28 bits per heavy atom. The second-order valence-electron chi connectivity index (χ2n) is 12.6. The van der Waals surface area contributed by atoms with E-state index in [4.69, 9.17) is 27.4 Å². The van der Waals surface area contributed by atoms with Gasteiger partial charge in [0.25, 0.3) is 0 Å². The molecule has 0 bridgehead atoms. The van der Waals surface area contributed by atoms with Crippen molar-refractivity contribution in [1.29, 1.82) is 0 Å². The van der Waals surface area contributed by atoms with Crippen molar-refractivity contribution in [3.8, 4) is 39.3 Å². The molecule has 3 heteroatoms. The Bertz CT molecular complexity index is 5180. The standard InChI is InChI=1S/C54H35N3/c1-3-16-36(17-4-1)38-32-39(37-18-5-2-6-19-37)34-41(33-38)56-50-27-13-10-23-45(50)47-24-15-29-52(54(47)56)57-51-28-14-9-22-44(51)46-31-30-40(35-53(46)57)55-48-25-11-7-20-42(48)43-21-8-12-26-49(43)55/h1-35H/i1D,2D,3D,4D,5D,6D,7D,8D,9D,10D,11D,12D,13D,14D,15D,16D,17D,18D,19D,20D,21D,22D,23D,24D,25D,26D,27D,28D,29D,30D,31D,35D. The Kier molecular flexibility index (Phi) is 2.96. The molecule has 0 amide bonds. The first-order valence-corrected chi connectivity index (χ1v) is 17.0. The van der Waals surface area contributed by atoms with Gasteiger partial charge in [-0.25, -0.2) is 0 Å². The Morgan fingerprint density at radius 2 is 0.719 bits per heavy atom. The number of hydrogen-bond acceptors (Lipinski definition) is 0. The molecule has 0 spiro atoms. The third-order valence-electron chi connectivity index (χ3n) is 9.57. The van der Waals surface area contributed by atoms with Gasteiger partial charge in [-0.1, -0.05) is 151 Å². The SMILES string of the molecule is [2H]c1c([2H])c([2H])c(-c2cc(-c3c([2H])c([2H])c([2H])c([2H])c3[2H])cc(-n3c4c([2H])c([2H])c([2H])c([2H])c4c4c([2H])c([2H])c([2H])c(-n5c6c([2H])c([2H])c([2H])c([2H])c6c6c([2H])c([2H])c(-n7c8c([2H])c([2H])c([2H])c([2H])c8c8c([2H])c([2H])c([2H])c([2H])c87)c([2H])c65)c43)c2)c([2H])c1[2H]. The van der Waals surface area contributed by atoms with Gasteiger partial charge in [0.05, 0.1) is 82.7 Å². The maximum Gasteiger partial charge on any atom is 0.0782 e. The van der Waals surface area contributed by atoms with E-state index in [0.717, 1.165) is 31.9 Å². The fraction of sp³-hybridized carbons (Fsp3) is 0. The molecule has 0 saturated heterocycles. The van der Waals surface area contributed by atoms with E-state index in [1.54, 1.807) is 0 Å². The van der Waals surface area contributed by atoms with E-state index in [1.165, 1.54) is 0 Å². The Hall–Kier alpha value is -7.62. The largest absolute Gasteiger partial charge is 0.309 e. The summed E-state index contributed by atoms with van der Waals surface area (Å²) in [6.45, 7) is 0. The molecule has 57 heavy (non-hydrogen) atoms. The summed E-state index contributed by atoms with van der Waals surface area (Å²) in [6, 6.07) is -25.9. The predicted molar refractivity (Wildman–Crippen MR) is 240 cm³/mol. The average Bonchev–Trinajstić information content (AvgIpc) is 1.55. The van der Waals surface area contributed by atoms with Gasteiger partial charge in [0.15, 0.2) is 0 Å². The van der Waals surface area contributed by atoms with Crippen LogP contribution in [0.1, 0.15) is 43.9 Å². The molecular formula is C54H35N3. The lowest BCUT2D eigenvalue weighted by Crippen LogP contribution is -2.02. The molecular weight excluding hydrogens is 691 g/mol. The van der Waals surface area contributed by atoms with Crippen LogP contribution >= 0.6 is 0 Å². The monoisotopic (exact) mass is 757 g/mol. The third-order valence-corrected chi connectivity index (χ3v) is 9.57. The summed E-state index contributed by atoms with van der Waals surface area (Å²) in [4.78, 5) is 0. The van der Waals surface area contributed by atoms with E-state index in [9.17, 15) is 16.4 Å². The molecule has 266 valence electrons. The van der Waals surface area contributed by atoms with Gasteiger partial charge in [0, 0.05) is 43.7 Å². The van der Waals surface area contributed by atoms with E-state index in [-0.39, 0.29) is 11.1 Å². The molecule has 0 unspecified atom stereocenters. The lowest BCUT2D eigenvalue weighted by atomic mass is 9.98. The smallest absolute Gasteiger partial charge is 0.0782 e. The zero-order valence-electron chi connectivity index (χ0n) is 60.6. The maximum absolute atomic E-state index is 10.4. The highest BCUT2D eigenvalue weighted by atomic mass is 15.1. The van der Waals surface area contributed by atoms with Gasteiger partial charge in [-0.2, -0.15) is 0 Å². The lowest BCUT2D eigenvalue weighted by molar-refractivity contribution is 1.13. The summed E-state index contributed by atoms with van der Waals surface area (Å²) in [5.41, 5.74) is -8.13. The van der Waals surface area contributed by atoms with Gasteiger partial charge in [-0.3, -0.25) is 0 Å². The Morgan fingerprint density at radius 1 is 0.281 bits per heavy atom. The topological polar surface area (TPSA) is 14.8 Å². The number of nitrogens with zero attached hydrogens (tertiary/aromatic N) is 3. The highest BCUT2D eigenvalue weighted by Crippen LogP contribution is 2.42. The summed E-state index contributed by atoms with van der Waals surface area (Å²) < 4.78 is 295. The van der Waals surface area contributed by atoms with Gasteiger partial charge >= 0.3 is 0 Å². The molecule has 3 aromatic heterocycles. The van der Waals surface area contributed by atoms with E-state index >= 15 is 0 Å². The predicted octanol–water partition coefficient (Wildman–Crippen LogP) is 14.3. The number of benzene rings is 9. The van der Waals surface area contributed by atoms with Crippen molar-refractivity contribution in [1.82, 2.24) is 13.7 Å². The van der Waals surface area contributed by atoms with Gasteiger partial charge in [0.2, 0.25) is 0 Å². The first kappa shape index (κ1) is 13.5. The average molecular weight is 758 g/mol. The number of hydrogen-bond donors (Lipinski definition) is 0. The zero-order chi connectivity index (χ0) is 65.3. The highest BCUT2D eigenvalue weighted by Gasteiger charge is 2.22. The molecule has 0 aliphatic heterocycles. The molecule has 3 nitrogen and oxygen atoms in total. The fourth-order valence-electron chi connectivity index (χ4n) is 7.27. The van der Waals surface area contributed by atoms with Crippen LogP contribution in [0.5, 0.6) is 0 Å². The second kappa shape index (κ2) is 12.5. The van der Waals surface area contributed by atoms with Gasteiger partial charge < -0.3 is 13.7 Å². The molecule has 9 aromatic carbocycles. The van der Waals surface area contributed by atoms with Crippen LogP contribution in [-0.4, -0.2) is 13.7 Å². The first-order chi connectivity index (χ1) is 41.6. The van der Waals surface area contributed by atoms with Crippen LogP contribution in [0.3, 0.4) is 0 Å². The maximum atomic E-state index is 10.4. The van der Waals surface area contributed by atoms with Crippen molar-refractivity contribution >= 4 is 65.4 Å². The van der Waals surface area contributed by atoms with Crippen LogP contribution in [0.4, 0.5) is 0 Å². The van der Waals surface area contributed by atoms with E-state index < -0.39 is 287 Å². The lowest BCUT2D eigenvalue weighted by Gasteiger charge is -2.17. The van der Waals surface area contributed by atoms with Crippen LogP contribution in [0.25, 0.3) is 105 Å². The molecule has 12 aromatic rings. The van der Waals surface area contributed by atoms with Crippen molar-refractivity contribution in [2.75, 3.05) is 0 Å². The van der Waals surface area contributed by atoms with Crippen LogP contribution in [0.2, 0.25) is 0 Å². The van der Waals surface area contributed by atoms with Crippen LogP contribution in [0, 0.1) is 0 Å². The number of rotatable bonds is 5. The Labute approximate surface area is 374 Å². The minimum absolute atomic E-state index is 0.374. The molecule has 0 fully saturated rings. The van der Waals surface area contributed by atoms with E-state index in [1.807, 2.05) is 0 Å². The minimum Gasteiger partial charge on any atom is -0.309 e. The molecule has 0 radical (unpaired) electrons. The molecule has 0 aliphatic carbocycles. The highest BCUT2D eigenvalue weighted by molar-refractivity contribution is 6.16. The van der Waals surface area contributed by atoms with Crippen LogP contribution < -0.4 is 0 Å². The summed E-state index contributed by atoms with van der Waals surface area (Å²) in [5.74, 6) is 0. The quantitative estimate of drug-likeness (QED) is 0.166. The number of aromatic nitrogens is 3. The van der Waals surface area contributed by atoms with Crippen LogP contribution in [-0.2, 0) is 0 Å².